The molecule has 1 amide bonds. The van der Waals surface area contributed by atoms with E-state index in [1.165, 1.54) is 0 Å². The molecule has 0 saturated heterocycles. The maximum Gasteiger partial charge on any atom is 0.313 e. The number of aliphatic carboxylic acids is 1. The number of hydrogen-bond donors (Lipinski definition) is 2. The molecular formula is C9H17NO3S. The summed E-state index contributed by atoms with van der Waals surface area (Å²) in [5.41, 5.74) is 0. The highest BCUT2D eigenvalue weighted by Crippen LogP contribution is 2.01. The van der Waals surface area contributed by atoms with Crippen LogP contribution in [0.1, 0.15) is 26.7 Å². The maximum atomic E-state index is 11.2. The van der Waals surface area contributed by atoms with Crippen LogP contribution in [0.5, 0.6) is 0 Å². The Morgan fingerprint density at radius 2 is 1.86 bits per heavy atom. The van der Waals surface area contributed by atoms with Gasteiger partial charge < -0.3 is 10.4 Å². The number of rotatable bonds is 7. The molecule has 0 heterocycles. The molecule has 0 aliphatic heterocycles. The monoisotopic (exact) mass is 219 g/mol. The van der Waals surface area contributed by atoms with Crippen molar-refractivity contribution in [2.45, 2.75) is 32.7 Å². The van der Waals surface area contributed by atoms with Crippen LogP contribution in [0.4, 0.5) is 0 Å². The zero-order chi connectivity index (χ0) is 11.0. The number of amides is 1. The molecular weight excluding hydrogens is 202 g/mol. The van der Waals surface area contributed by atoms with Gasteiger partial charge >= 0.3 is 5.97 Å². The molecule has 5 heteroatoms. The molecule has 0 spiro atoms. The topological polar surface area (TPSA) is 66.4 Å². The molecule has 0 aromatic carbocycles. The lowest BCUT2D eigenvalue weighted by molar-refractivity contribution is -0.133. The van der Waals surface area contributed by atoms with Crippen molar-refractivity contribution in [3.05, 3.63) is 0 Å². The van der Waals surface area contributed by atoms with E-state index in [0.29, 0.717) is 0 Å². The lowest BCUT2D eigenvalue weighted by Gasteiger charge is -2.13. The Balaban J connectivity index is 3.59. The third-order valence-electron chi connectivity index (χ3n) is 1.81. The van der Waals surface area contributed by atoms with Gasteiger partial charge in [0, 0.05) is 6.04 Å². The van der Waals surface area contributed by atoms with Crippen LogP contribution in [0.15, 0.2) is 0 Å². The van der Waals surface area contributed by atoms with Gasteiger partial charge in [-0.05, 0) is 12.8 Å². The summed E-state index contributed by atoms with van der Waals surface area (Å²) in [6.07, 6.45) is 1.82. The van der Waals surface area contributed by atoms with Crippen LogP contribution in [0.2, 0.25) is 0 Å². The standard InChI is InChI=1S/C9H17NO3S/c1-3-7(4-2)10-8(11)5-14-6-9(12)13/h7H,3-6H2,1-2H3,(H,10,11)(H,12,13). The first kappa shape index (κ1) is 13.3. The third-order valence-corrected chi connectivity index (χ3v) is 2.73. The van der Waals surface area contributed by atoms with Crippen LogP contribution < -0.4 is 5.32 Å². The van der Waals surface area contributed by atoms with Crippen molar-refractivity contribution in [3.63, 3.8) is 0 Å². The number of carboxylic acids is 1. The van der Waals surface area contributed by atoms with Crippen LogP contribution >= 0.6 is 11.8 Å². The summed E-state index contributed by atoms with van der Waals surface area (Å²) in [5, 5.41) is 11.2. The van der Waals surface area contributed by atoms with Crippen LogP contribution in [0, 0.1) is 0 Å². The molecule has 0 unspecified atom stereocenters. The predicted octanol–water partition coefficient (Wildman–Crippen LogP) is 1.11. The molecule has 0 atom stereocenters. The van der Waals surface area contributed by atoms with Gasteiger partial charge in [-0.3, -0.25) is 9.59 Å². The summed E-state index contributed by atoms with van der Waals surface area (Å²) >= 11 is 1.12. The highest BCUT2D eigenvalue weighted by Gasteiger charge is 2.08. The van der Waals surface area contributed by atoms with Crippen LogP contribution in [0.25, 0.3) is 0 Å². The van der Waals surface area contributed by atoms with Gasteiger partial charge in [0.2, 0.25) is 5.91 Å². The number of hydrogen-bond acceptors (Lipinski definition) is 3. The molecule has 82 valence electrons. The van der Waals surface area contributed by atoms with E-state index in [-0.39, 0.29) is 23.5 Å². The van der Waals surface area contributed by atoms with Crippen molar-refractivity contribution in [1.29, 1.82) is 0 Å². The van der Waals surface area contributed by atoms with Crippen molar-refractivity contribution < 1.29 is 14.7 Å². The summed E-state index contributed by atoms with van der Waals surface area (Å²) in [6.45, 7) is 4.03. The zero-order valence-electron chi connectivity index (χ0n) is 8.58. The SMILES string of the molecule is CCC(CC)NC(=O)CSCC(=O)O. The number of carbonyl (C=O) groups is 2. The van der Waals surface area contributed by atoms with E-state index in [1.54, 1.807) is 0 Å². The minimum atomic E-state index is -0.884. The lowest BCUT2D eigenvalue weighted by Crippen LogP contribution is -2.35. The van der Waals surface area contributed by atoms with Crippen molar-refractivity contribution >= 4 is 23.6 Å². The van der Waals surface area contributed by atoms with Gasteiger partial charge in [-0.15, -0.1) is 11.8 Å². The zero-order valence-corrected chi connectivity index (χ0v) is 9.39. The minimum Gasteiger partial charge on any atom is -0.481 e. The molecule has 2 N–H and O–H groups in total. The second-order valence-electron chi connectivity index (χ2n) is 2.97. The number of carboxylic acid groups (broad SMARTS) is 1. The Morgan fingerprint density at radius 1 is 1.29 bits per heavy atom. The van der Waals surface area contributed by atoms with E-state index < -0.39 is 5.97 Å². The van der Waals surface area contributed by atoms with E-state index in [0.717, 1.165) is 24.6 Å². The largest absolute Gasteiger partial charge is 0.481 e. The maximum absolute atomic E-state index is 11.2. The second kappa shape index (κ2) is 7.67. The lowest BCUT2D eigenvalue weighted by atomic mass is 10.2. The first-order valence-corrected chi connectivity index (χ1v) is 5.84. The van der Waals surface area contributed by atoms with Crippen molar-refractivity contribution in [3.8, 4) is 0 Å². The van der Waals surface area contributed by atoms with E-state index in [4.69, 9.17) is 5.11 Å². The molecule has 14 heavy (non-hydrogen) atoms. The normalized spacial score (nSPS) is 10.2. The van der Waals surface area contributed by atoms with Gasteiger partial charge in [-0.1, -0.05) is 13.8 Å². The Morgan fingerprint density at radius 3 is 2.29 bits per heavy atom. The summed E-state index contributed by atoms with van der Waals surface area (Å²) in [6, 6.07) is 0.216. The average Bonchev–Trinajstić information content (AvgIpc) is 2.13. The van der Waals surface area contributed by atoms with Crippen LogP contribution in [-0.4, -0.2) is 34.5 Å². The minimum absolute atomic E-state index is 0.0175. The van der Waals surface area contributed by atoms with Gasteiger partial charge in [0.1, 0.15) is 0 Å². The molecule has 0 saturated carbocycles. The van der Waals surface area contributed by atoms with E-state index in [9.17, 15) is 9.59 Å². The summed E-state index contributed by atoms with van der Waals surface area (Å²) in [4.78, 5) is 21.4. The first-order valence-electron chi connectivity index (χ1n) is 4.69. The van der Waals surface area contributed by atoms with Gasteiger partial charge in [-0.2, -0.15) is 0 Å². The predicted molar refractivity (Wildman–Crippen MR) is 57.5 cm³/mol. The quantitative estimate of drug-likeness (QED) is 0.673. The average molecular weight is 219 g/mol. The first-order chi connectivity index (χ1) is 6.60. The fraction of sp³-hybridized carbons (Fsp3) is 0.778. The van der Waals surface area contributed by atoms with E-state index in [2.05, 4.69) is 5.32 Å². The van der Waals surface area contributed by atoms with Crippen molar-refractivity contribution in [1.82, 2.24) is 5.32 Å². The van der Waals surface area contributed by atoms with Crippen molar-refractivity contribution in [2.24, 2.45) is 0 Å². The molecule has 0 rings (SSSR count). The van der Waals surface area contributed by atoms with Gasteiger partial charge in [0.25, 0.3) is 0 Å². The number of thioether (sulfide) groups is 1. The second-order valence-corrected chi connectivity index (χ2v) is 3.95. The summed E-state index contributed by atoms with van der Waals surface area (Å²) in [7, 11) is 0. The third kappa shape index (κ3) is 6.77. The molecule has 4 nitrogen and oxygen atoms in total. The molecule has 0 aromatic heterocycles. The fourth-order valence-corrected chi connectivity index (χ4v) is 1.54. The smallest absolute Gasteiger partial charge is 0.313 e. The Kier molecular flexibility index (Phi) is 7.28. The van der Waals surface area contributed by atoms with Gasteiger partial charge in [0.05, 0.1) is 11.5 Å². The molecule has 0 radical (unpaired) electrons. The highest BCUT2D eigenvalue weighted by atomic mass is 32.2. The van der Waals surface area contributed by atoms with Crippen LogP contribution in [0.3, 0.4) is 0 Å². The Bertz CT molecular complexity index is 192. The van der Waals surface area contributed by atoms with Gasteiger partial charge in [0.15, 0.2) is 0 Å². The number of nitrogens with one attached hydrogen (secondary N) is 1. The van der Waals surface area contributed by atoms with E-state index in [1.807, 2.05) is 13.8 Å². The molecule has 0 fully saturated rings. The molecule has 0 bridgehead atoms. The molecule has 0 aliphatic carbocycles. The summed E-state index contributed by atoms with van der Waals surface area (Å²) < 4.78 is 0. The molecule has 0 aromatic rings. The number of carbonyl (C=O) groups excluding carboxylic acids is 1. The Labute approximate surface area is 88.4 Å². The van der Waals surface area contributed by atoms with Gasteiger partial charge in [-0.25, -0.2) is 0 Å². The highest BCUT2D eigenvalue weighted by molar-refractivity contribution is 8.00. The van der Waals surface area contributed by atoms with Crippen LogP contribution in [-0.2, 0) is 9.59 Å². The van der Waals surface area contributed by atoms with E-state index >= 15 is 0 Å². The van der Waals surface area contributed by atoms with Crippen molar-refractivity contribution in [2.75, 3.05) is 11.5 Å². The summed E-state index contributed by atoms with van der Waals surface area (Å²) in [5.74, 6) is -0.755. The molecule has 0 aliphatic rings. The fourth-order valence-electron chi connectivity index (χ4n) is 0.993. The Hall–Kier alpha value is -0.710.